The van der Waals surface area contributed by atoms with E-state index in [1.165, 1.54) is 6.07 Å². The number of benzene rings is 1. The fraction of sp³-hybridized carbons (Fsp3) is 0.125. The molecule has 2 rings (SSSR count). The molecule has 0 fully saturated rings. The Balaban J connectivity index is 2.56. The van der Waals surface area contributed by atoms with E-state index in [4.69, 9.17) is 4.74 Å². The summed E-state index contributed by atoms with van der Waals surface area (Å²) >= 11 is 0. The average molecular weight is 163 g/mol. The van der Waals surface area contributed by atoms with Crippen LogP contribution in [0.1, 0.15) is 5.56 Å². The molecule has 0 aliphatic carbocycles. The molecule has 1 aromatic rings. The summed E-state index contributed by atoms with van der Waals surface area (Å²) in [6.07, 6.45) is 0.395. The van der Waals surface area contributed by atoms with Gasteiger partial charge in [-0.25, -0.2) is 0 Å². The summed E-state index contributed by atoms with van der Waals surface area (Å²) in [5.74, 6) is 0.546. The van der Waals surface area contributed by atoms with Gasteiger partial charge in [0.15, 0.2) is 0 Å². The highest BCUT2D eigenvalue weighted by Crippen LogP contribution is 2.33. The lowest BCUT2D eigenvalue weighted by molar-refractivity contribution is -0.385. The molecule has 0 atom stereocenters. The van der Waals surface area contributed by atoms with E-state index in [1.807, 2.05) is 0 Å². The second kappa shape index (κ2) is 2.48. The van der Waals surface area contributed by atoms with Gasteiger partial charge in [0.1, 0.15) is 5.75 Å². The number of nitrogens with zero attached hydrogens (tertiary/aromatic N) is 1. The van der Waals surface area contributed by atoms with Gasteiger partial charge in [-0.1, -0.05) is 6.07 Å². The highest BCUT2D eigenvalue weighted by Gasteiger charge is 2.23. The van der Waals surface area contributed by atoms with Gasteiger partial charge in [-0.3, -0.25) is 10.1 Å². The third-order valence-corrected chi connectivity index (χ3v) is 1.74. The summed E-state index contributed by atoms with van der Waals surface area (Å²) in [6.45, 7) is 2.58. The zero-order valence-corrected chi connectivity index (χ0v) is 6.11. The molecule has 0 aromatic heterocycles. The maximum absolute atomic E-state index is 10.5. The van der Waals surface area contributed by atoms with Gasteiger partial charge in [-0.15, -0.1) is 0 Å². The topological polar surface area (TPSA) is 52.4 Å². The summed E-state index contributed by atoms with van der Waals surface area (Å²) in [5.41, 5.74) is 0.722. The molecular formula is C8H5NO3. The van der Waals surface area contributed by atoms with Gasteiger partial charge < -0.3 is 4.74 Å². The van der Waals surface area contributed by atoms with Crippen LogP contribution in [0.4, 0.5) is 5.69 Å². The normalized spacial score (nSPS) is 13.7. The Hall–Kier alpha value is -1.58. The predicted molar refractivity (Wildman–Crippen MR) is 40.7 cm³/mol. The Morgan fingerprint density at radius 2 is 2.42 bits per heavy atom. The summed E-state index contributed by atoms with van der Waals surface area (Å²) in [5, 5.41) is 10.5. The van der Waals surface area contributed by atoms with Gasteiger partial charge in [0, 0.05) is 12.5 Å². The van der Waals surface area contributed by atoms with Crippen LogP contribution in [0.15, 0.2) is 18.2 Å². The molecule has 1 heterocycles. The van der Waals surface area contributed by atoms with E-state index in [1.54, 1.807) is 12.1 Å². The maximum atomic E-state index is 10.5. The van der Waals surface area contributed by atoms with Crippen molar-refractivity contribution in [3.05, 3.63) is 40.5 Å². The summed E-state index contributed by atoms with van der Waals surface area (Å²) in [6, 6.07) is 4.77. The molecule has 60 valence electrons. The van der Waals surface area contributed by atoms with Crippen LogP contribution in [-0.4, -0.2) is 4.92 Å². The highest BCUT2D eigenvalue weighted by atomic mass is 16.6. The van der Waals surface area contributed by atoms with Crippen LogP contribution in [0.2, 0.25) is 0 Å². The monoisotopic (exact) mass is 163 g/mol. The smallest absolute Gasteiger partial charge is 0.276 e. The Morgan fingerprint density at radius 3 is 3.17 bits per heavy atom. The standard InChI is InChI=1S/C8H5NO3/c10-9(11)7-2-1-3-8-6(7)4-5-12-8/h1-3H,4H2. The number of fused-ring (bicyclic) bond motifs is 1. The second-order valence-electron chi connectivity index (χ2n) is 2.43. The van der Waals surface area contributed by atoms with Crippen molar-refractivity contribution < 1.29 is 9.66 Å². The number of nitro benzene ring substituents is 1. The van der Waals surface area contributed by atoms with Crippen LogP contribution < -0.4 is 4.74 Å². The number of rotatable bonds is 1. The first-order chi connectivity index (χ1) is 5.79. The van der Waals surface area contributed by atoms with E-state index in [0.29, 0.717) is 17.7 Å². The Morgan fingerprint density at radius 1 is 1.58 bits per heavy atom. The molecule has 1 aromatic carbocycles. The van der Waals surface area contributed by atoms with E-state index < -0.39 is 4.92 Å². The molecule has 12 heavy (non-hydrogen) atoms. The summed E-state index contributed by atoms with van der Waals surface area (Å²) in [7, 11) is 0. The van der Waals surface area contributed by atoms with Crippen LogP contribution in [0.5, 0.6) is 5.75 Å². The van der Waals surface area contributed by atoms with Crippen molar-refractivity contribution in [3.8, 4) is 5.75 Å². The molecule has 0 unspecified atom stereocenters. The predicted octanol–water partition coefficient (Wildman–Crippen LogP) is 1.57. The Labute approximate surface area is 68.9 Å². The molecule has 2 radical (unpaired) electrons. The molecule has 0 spiro atoms. The zero-order chi connectivity index (χ0) is 8.55. The lowest BCUT2D eigenvalue weighted by Gasteiger charge is -1.97. The third kappa shape index (κ3) is 0.922. The summed E-state index contributed by atoms with van der Waals surface area (Å²) < 4.78 is 4.93. The van der Waals surface area contributed by atoms with Gasteiger partial charge in [0.2, 0.25) is 6.61 Å². The number of nitro groups is 1. The average Bonchev–Trinajstić information content (AvgIpc) is 2.49. The molecule has 4 nitrogen and oxygen atoms in total. The molecule has 0 bridgehead atoms. The second-order valence-corrected chi connectivity index (χ2v) is 2.43. The molecule has 1 aliphatic heterocycles. The lowest BCUT2D eigenvalue weighted by atomic mass is 10.1. The van der Waals surface area contributed by atoms with Gasteiger partial charge in [-0.2, -0.15) is 0 Å². The van der Waals surface area contributed by atoms with Gasteiger partial charge in [0.05, 0.1) is 10.5 Å². The van der Waals surface area contributed by atoms with E-state index in [9.17, 15) is 10.1 Å². The van der Waals surface area contributed by atoms with Crippen molar-refractivity contribution in [2.75, 3.05) is 0 Å². The maximum Gasteiger partial charge on any atom is 0.276 e. The fourth-order valence-electron chi connectivity index (χ4n) is 1.18. The highest BCUT2D eigenvalue weighted by molar-refractivity contribution is 5.52. The number of hydrogen-bond donors (Lipinski definition) is 0. The number of ether oxygens (including phenoxy) is 1. The minimum atomic E-state index is -0.408. The Kier molecular flexibility index (Phi) is 1.46. The first-order valence-electron chi connectivity index (χ1n) is 3.45. The van der Waals surface area contributed by atoms with Crippen LogP contribution >= 0.6 is 0 Å². The van der Waals surface area contributed by atoms with Gasteiger partial charge in [0.25, 0.3) is 5.69 Å². The van der Waals surface area contributed by atoms with Crippen LogP contribution in [-0.2, 0) is 6.42 Å². The van der Waals surface area contributed by atoms with Crippen LogP contribution in [0.25, 0.3) is 0 Å². The van der Waals surface area contributed by atoms with Crippen molar-refractivity contribution in [1.29, 1.82) is 0 Å². The quantitative estimate of drug-likeness (QED) is 0.466. The van der Waals surface area contributed by atoms with E-state index in [2.05, 4.69) is 6.61 Å². The minimum absolute atomic E-state index is 0.109. The summed E-state index contributed by atoms with van der Waals surface area (Å²) in [4.78, 5) is 10.1. The van der Waals surface area contributed by atoms with E-state index >= 15 is 0 Å². The van der Waals surface area contributed by atoms with E-state index in [-0.39, 0.29) is 5.69 Å². The van der Waals surface area contributed by atoms with Crippen LogP contribution in [0, 0.1) is 16.7 Å². The molecule has 0 saturated heterocycles. The fourth-order valence-corrected chi connectivity index (χ4v) is 1.18. The molecule has 0 N–H and O–H groups in total. The largest absolute Gasteiger partial charge is 0.478 e. The molecule has 0 saturated carbocycles. The van der Waals surface area contributed by atoms with E-state index in [0.717, 1.165) is 0 Å². The van der Waals surface area contributed by atoms with Gasteiger partial charge >= 0.3 is 0 Å². The molecular weight excluding hydrogens is 158 g/mol. The zero-order valence-electron chi connectivity index (χ0n) is 6.11. The van der Waals surface area contributed by atoms with Crippen molar-refractivity contribution in [2.24, 2.45) is 0 Å². The lowest BCUT2D eigenvalue weighted by Crippen LogP contribution is -1.91. The number of hydrogen-bond acceptors (Lipinski definition) is 3. The molecule has 1 aliphatic rings. The first kappa shape index (κ1) is 7.09. The SMILES string of the molecule is O=[N+]([O-])c1cccc2c1C[C]O2. The van der Waals surface area contributed by atoms with Crippen molar-refractivity contribution in [1.82, 2.24) is 0 Å². The van der Waals surface area contributed by atoms with Crippen LogP contribution in [0.3, 0.4) is 0 Å². The van der Waals surface area contributed by atoms with Crippen molar-refractivity contribution in [3.63, 3.8) is 0 Å². The van der Waals surface area contributed by atoms with Crippen molar-refractivity contribution >= 4 is 5.69 Å². The molecule has 4 heteroatoms. The van der Waals surface area contributed by atoms with Gasteiger partial charge in [-0.05, 0) is 6.07 Å². The third-order valence-electron chi connectivity index (χ3n) is 1.74. The molecule has 0 amide bonds. The van der Waals surface area contributed by atoms with Crippen molar-refractivity contribution in [2.45, 2.75) is 6.42 Å². The minimum Gasteiger partial charge on any atom is -0.478 e. The first-order valence-corrected chi connectivity index (χ1v) is 3.45. The Bertz CT molecular complexity index is 335.